The van der Waals surface area contributed by atoms with Crippen LogP contribution in [0.1, 0.15) is 17.9 Å². The zero-order chi connectivity index (χ0) is 16.2. The Morgan fingerprint density at radius 1 is 1.09 bits per heavy atom. The van der Waals surface area contributed by atoms with Crippen molar-refractivity contribution >= 4 is 11.8 Å². The van der Waals surface area contributed by atoms with Crippen LogP contribution < -0.4 is 10.6 Å². The lowest BCUT2D eigenvalue weighted by atomic mass is 10.2. The maximum atomic E-state index is 5.75. The van der Waals surface area contributed by atoms with Crippen molar-refractivity contribution in [2.75, 3.05) is 43.4 Å². The number of hydrogen-bond donors (Lipinski definition) is 1. The SMILES string of the molecule is Cc1cc(N2CCN(CCCn3ccnc3C)CC2)nc(N)n1. The maximum absolute atomic E-state index is 5.75. The van der Waals surface area contributed by atoms with E-state index in [9.17, 15) is 0 Å². The van der Waals surface area contributed by atoms with Crippen molar-refractivity contribution in [3.8, 4) is 0 Å². The lowest BCUT2D eigenvalue weighted by Crippen LogP contribution is -2.47. The summed E-state index contributed by atoms with van der Waals surface area (Å²) >= 11 is 0. The van der Waals surface area contributed by atoms with E-state index < -0.39 is 0 Å². The molecule has 2 N–H and O–H groups in total. The fourth-order valence-electron chi connectivity index (χ4n) is 3.04. The molecule has 7 heteroatoms. The second kappa shape index (κ2) is 6.95. The lowest BCUT2D eigenvalue weighted by molar-refractivity contribution is 0.249. The van der Waals surface area contributed by atoms with E-state index in [1.165, 1.54) is 0 Å². The lowest BCUT2D eigenvalue weighted by Gasteiger charge is -2.35. The molecule has 1 aliphatic rings. The first-order valence-corrected chi connectivity index (χ1v) is 8.18. The Labute approximate surface area is 137 Å². The summed E-state index contributed by atoms with van der Waals surface area (Å²) in [7, 11) is 0. The third kappa shape index (κ3) is 3.98. The Morgan fingerprint density at radius 2 is 1.87 bits per heavy atom. The second-order valence-corrected chi connectivity index (χ2v) is 6.08. The van der Waals surface area contributed by atoms with E-state index in [0.29, 0.717) is 5.95 Å². The largest absolute Gasteiger partial charge is 0.368 e. The van der Waals surface area contributed by atoms with Crippen molar-refractivity contribution < 1.29 is 0 Å². The first-order valence-electron chi connectivity index (χ1n) is 8.18. The molecule has 0 spiro atoms. The summed E-state index contributed by atoms with van der Waals surface area (Å²) < 4.78 is 2.21. The minimum atomic E-state index is 0.359. The van der Waals surface area contributed by atoms with E-state index >= 15 is 0 Å². The molecule has 1 saturated heterocycles. The fraction of sp³-hybridized carbons (Fsp3) is 0.562. The molecule has 0 amide bonds. The number of piperazine rings is 1. The Morgan fingerprint density at radius 3 is 2.52 bits per heavy atom. The van der Waals surface area contributed by atoms with Crippen molar-refractivity contribution in [2.45, 2.75) is 26.8 Å². The van der Waals surface area contributed by atoms with Gasteiger partial charge in [-0.15, -0.1) is 0 Å². The van der Waals surface area contributed by atoms with Crippen LogP contribution in [0.25, 0.3) is 0 Å². The Balaban J connectivity index is 1.46. The summed E-state index contributed by atoms with van der Waals surface area (Å²) in [6.07, 6.45) is 5.06. The normalized spacial score (nSPS) is 16.0. The van der Waals surface area contributed by atoms with E-state index in [-0.39, 0.29) is 0 Å². The van der Waals surface area contributed by atoms with E-state index in [4.69, 9.17) is 5.73 Å². The monoisotopic (exact) mass is 315 g/mol. The molecule has 1 aliphatic heterocycles. The number of imidazole rings is 1. The molecule has 2 aromatic rings. The Bertz CT molecular complexity index is 623. The first kappa shape index (κ1) is 15.7. The van der Waals surface area contributed by atoms with Crippen LogP contribution in [-0.2, 0) is 6.54 Å². The van der Waals surface area contributed by atoms with Crippen molar-refractivity contribution in [3.63, 3.8) is 0 Å². The predicted molar refractivity (Wildman–Crippen MR) is 91.4 cm³/mol. The molecule has 124 valence electrons. The van der Waals surface area contributed by atoms with Gasteiger partial charge in [-0.3, -0.25) is 4.90 Å². The Kier molecular flexibility index (Phi) is 4.76. The summed E-state index contributed by atoms with van der Waals surface area (Å²) in [5.74, 6) is 2.40. The molecule has 0 bridgehead atoms. The van der Waals surface area contributed by atoms with Gasteiger partial charge in [-0.1, -0.05) is 0 Å². The summed E-state index contributed by atoms with van der Waals surface area (Å²) in [6, 6.07) is 2.01. The highest BCUT2D eigenvalue weighted by molar-refractivity contribution is 5.43. The molecule has 0 saturated carbocycles. The average Bonchev–Trinajstić information content (AvgIpc) is 2.92. The van der Waals surface area contributed by atoms with Crippen molar-refractivity contribution in [1.82, 2.24) is 24.4 Å². The van der Waals surface area contributed by atoms with Gasteiger partial charge in [0, 0.05) is 56.9 Å². The quantitative estimate of drug-likeness (QED) is 0.890. The number of nitrogens with zero attached hydrogens (tertiary/aromatic N) is 6. The number of nitrogen functional groups attached to an aromatic ring is 1. The highest BCUT2D eigenvalue weighted by atomic mass is 15.3. The molecule has 0 aromatic carbocycles. The molecule has 7 nitrogen and oxygen atoms in total. The number of aromatic nitrogens is 4. The topological polar surface area (TPSA) is 76.1 Å². The van der Waals surface area contributed by atoms with E-state index in [1.54, 1.807) is 0 Å². The summed E-state index contributed by atoms with van der Waals surface area (Å²) in [5.41, 5.74) is 6.67. The molecule has 23 heavy (non-hydrogen) atoms. The fourth-order valence-corrected chi connectivity index (χ4v) is 3.04. The van der Waals surface area contributed by atoms with Crippen LogP contribution in [0.3, 0.4) is 0 Å². The van der Waals surface area contributed by atoms with Gasteiger partial charge in [0.1, 0.15) is 11.6 Å². The zero-order valence-corrected chi connectivity index (χ0v) is 13.9. The number of rotatable bonds is 5. The second-order valence-electron chi connectivity index (χ2n) is 6.08. The third-order valence-corrected chi connectivity index (χ3v) is 4.35. The van der Waals surface area contributed by atoms with Gasteiger partial charge in [-0.05, 0) is 26.8 Å². The van der Waals surface area contributed by atoms with E-state index in [2.05, 4.69) is 35.5 Å². The minimum absolute atomic E-state index is 0.359. The van der Waals surface area contributed by atoms with Crippen LogP contribution in [0.2, 0.25) is 0 Å². The Hall–Kier alpha value is -2.15. The smallest absolute Gasteiger partial charge is 0.222 e. The zero-order valence-electron chi connectivity index (χ0n) is 13.9. The van der Waals surface area contributed by atoms with Crippen LogP contribution >= 0.6 is 0 Å². The van der Waals surface area contributed by atoms with Crippen molar-refractivity contribution in [2.24, 2.45) is 0 Å². The molecule has 3 rings (SSSR count). The molecule has 0 aliphatic carbocycles. The van der Waals surface area contributed by atoms with Crippen LogP contribution in [0.4, 0.5) is 11.8 Å². The van der Waals surface area contributed by atoms with Crippen LogP contribution in [0.15, 0.2) is 18.5 Å². The molecular weight excluding hydrogens is 290 g/mol. The van der Waals surface area contributed by atoms with Gasteiger partial charge >= 0.3 is 0 Å². The minimum Gasteiger partial charge on any atom is -0.368 e. The summed E-state index contributed by atoms with van der Waals surface area (Å²) in [6.45, 7) is 10.3. The van der Waals surface area contributed by atoms with Gasteiger partial charge in [-0.2, -0.15) is 4.98 Å². The number of hydrogen-bond acceptors (Lipinski definition) is 6. The molecule has 2 aromatic heterocycles. The maximum Gasteiger partial charge on any atom is 0.222 e. The molecule has 0 atom stereocenters. The number of nitrogens with two attached hydrogens (primary N) is 1. The average molecular weight is 315 g/mol. The highest BCUT2D eigenvalue weighted by Crippen LogP contribution is 2.16. The van der Waals surface area contributed by atoms with Gasteiger partial charge in [0.2, 0.25) is 5.95 Å². The molecule has 0 unspecified atom stereocenters. The van der Waals surface area contributed by atoms with E-state index in [1.807, 2.05) is 26.1 Å². The summed E-state index contributed by atoms with van der Waals surface area (Å²) in [4.78, 5) is 17.6. The van der Waals surface area contributed by atoms with Crippen molar-refractivity contribution in [1.29, 1.82) is 0 Å². The van der Waals surface area contributed by atoms with Gasteiger partial charge in [0.15, 0.2) is 0 Å². The van der Waals surface area contributed by atoms with Gasteiger partial charge in [0.05, 0.1) is 0 Å². The van der Waals surface area contributed by atoms with Crippen LogP contribution in [0.5, 0.6) is 0 Å². The van der Waals surface area contributed by atoms with Gasteiger partial charge < -0.3 is 15.2 Å². The standard InChI is InChI=1S/C16H25N7/c1-13-12-15(20-16(17)19-13)23-10-8-21(9-11-23)5-3-6-22-7-4-18-14(22)2/h4,7,12H,3,5-6,8-11H2,1-2H3,(H2,17,19,20). The van der Waals surface area contributed by atoms with Crippen LogP contribution in [-0.4, -0.2) is 57.1 Å². The third-order valence-electron chi connectivity index (χ3n) is 4.35. The summed E-state index contributed by atoms with van der Waals surface area (Å²) in [5, 5.41) is 0. The molecule has 1 fully saturated rings. The van der Waals surface area contributed by atoms with Gasteiger partial charge in [-0.25, -0.2) is 9.97 Å². The van der Waals surface area contributed by atoms with Crippen molar-refractivity contribution in [3.05, 3.63) is 30.0 Å². The van der Waals surface area contributed by atoms with E-state index in [0.717, 1.165) is 63.0 Å². The molecule has 3 heterocycles. The molecule has 0 radical (unpaired) electrons. The van der Waals surface area contributed by atoms with Gasteiger partial charge in [0.25, 0.3) is 0 Å². The number of aryl methyl sites for hydroxylation is 3. The number of anilines is 2. The molecular formula is C16H25N7. The highest BCUT2D eigenvalue weighted by Gasteiger charge is 2.18. The van der Waals surface area contributed by atoms with Crippen LogP contribution in [0, 0.1) is 13.8 Å². The predicted octanol–water partition coefficient (Wildman–Crippen LogP) is 1.08. The first-order chi connectivity index (χ1) is 11.1.